The van der Waals surface area contributed by atoms with Gasteiger partial charge in [-0.3, -0.25) is 19.3 Å². The molecule has 1 saturated heterocycles. The highest BCUT2D eigenvalue weighted by Crippen LogP contribution is 2.11. The van der Waals surface area contributed by atoms with Gasteiger partial charge in [-0.25, -0.2) is 14.4 Å². The SMILES string of the molecule is C=CCN1C(=O)C(=O)N(CC(=O)NCc2nnnn2CCCC)C1=O. The van der Waals surface area contributed by atoms with E-state index in [0.717, 1.165) is 17.7 Å². The van der Waals surface area contributed by atoms with Crippen molar-refractivity contribution in [1.29, 1.82) is 0 Å². The highest BCUT2D eigenvalue weighted by Gasteiger charge is 2.44. The molecule has 1 fully saturated rings. The molecule has 0 radical (unpaired) electrons. The number of aryl methyl sites for hydroxylation is 1. The summed E-state index contributed by atoms with van der Waals surface area (Å²) in [4.78, 5) is 48.8. The van der Waals surface area contributed by atoms with E-state index in [1.165, 1.54) is 6.08 Å². The number of hydrogen-bond donors (Lipinski definition) is 1. The Morgan fingerprint density at radius 2 is 1.96 bits per heavy atom. The van der Waals surface area contributed by atoms with Crippen LogP contribution in [0.5, 0.6) is 0 Å². The quantitative estimate of drug-likeness (QED) is 0.346. The van der Waals surface area contributed by atoms with Crippen molar-refractivity contribution in [1.82, 2.24) is 35.3 Å². The summed E-state index contributed by atoms with van der Waals surface area (Å²) in [6.07, 6.45) is 3.19. The van der Waals surface area contributed by atoms with Gasteiger partial charge in [0.05, 0.1) is 6.54 Å². The van der Waals surface area contributed by atoms with Crippen LogP contribution < -0.4 is 5.32 Å². The Bertz CT molecular complexity index is 699. The van der Waals surface area contributed by atoms with E-state index in [2.05, 4.69) is 27.4 Å². The number of unbranched alkanes of at least 4 members (excludes halogenated alkanes) is 1. The first-order valence-electron chi connectivity index (χ1n) is 7.79. The lowest BCUT2D eigenvalue weighted by Gasteiger charge is -2.14. The molecule has 2 rings (SSSR count). The first-order chi connectivity index (χ1) is 12.0. The largest absolute Gasteiger partial charge is 0.347 e. The summed E-state index contributed by atoms with van der Waals surface area (Å²) in [7, 11) is 0. The summed E-state index contributed by atoms with van der Waals surface area (Å²) in [5.41, 5.74) is 0. The van der Waals surface area contributed by atoms with Gasteiger partial charge in [0.25, 0.3) is 0 Å². The average Bonchev–Trinajstić information content (AvgIpc) is 3.12. The molecule has 5 amide bonds. The van der Waals surface area contributed by atoms with Crippen LogP contribution in [0.2, 0.25) is 0 Å². The van der Waals surface area contributed by atoms with Crippen LogP contribution in [0.1, 0.15) is 25.6 Å². The number of rotatable bonds is 9. The molecular weight excluding hydrogens is 330 g/mol. The molecular formula is C14H19N7O4. The number of carbonyl (C=O) groups is 4. The molecule has 1 aromatic rings. The molecule has 1 aromatic heterocycles. The summed E-state index contributed by atoms with van der Waals surface area (Å²) >= 11 is 0. The van der Waals surface area contributed by atoms with Crippen molar-refractivity contribution in [3.8, 4) is 0 Å². The number of hydrogen-bond acceptors (Lipinski definition) is 7. The van der Waals surface area contributed by atoms with Gasteiger partial charge in [0.2, 0.25) is 5.91 Å². The van der Waals surface area contributed by atoms with Gasteiger partial charge < -0.3 is 5.32 Å². The fraction of sp³-hybridized carbons (Fsp3) is 0.500. The van der Waals surface area contributed by atoms with E-state index in [0.29, 0.717) is 17.3 Å². The zero-order valence-electron chi connectivity index (χ0n) is 13.8. The Kier molecular flexibility index (Phi) is 5.93. The van der Waals surface area contributed by atoms with E-state index in [4.69, 9.17) is 0 Å². The first-order valence-corrected chi connectivity index (χ1v) is 7.79. The summed E-state index contributed by atoms with van der Waals surface area (Å²) in [5, 5.41) is 13.7. The zero-order valence-corrected chi connectivity index (χ0v) is 13.8. The number of amides is 5. The number of urea groups is 1. The van der Waals surface area contributed by atoms with Crippen LogP contribution >= 0.6 is 0 Å². The maximum absolute atomic E-state index is 12.0. The molecule has 134 valence electrons. The fourth-order valence-electron chi connectivity index (χ4n) is 2.19. The van der Waals surface area contributed by atoms with Crippen molar-refractivity contribution >= 4 is 23.8 Å². The second-order valence-electron chi connectivity index (χ2n) is 5.33. The van der Waals surface area contributed by atoms with Gasteiger partial charge in [0, 0.05) is 13.1 Å². The first kappa shape index (κ1) is 18.2. The van der Waals surface area contributed by atoms with Gasteiger partial charge in [-0.05, 0) is 16.8 Å². The standard InChI is InChI=1S/C14H19N7O4/c1-3-5-7-21-10(16-17-18-21)8-15-11(22)9-20-13(24)12(23)19(6-4-2)14(20)25/h4H,2-3,5-9H2,1H3,(H,15,22). The molecule has 0 unspecified atom stereocenters. The van der Waals surface area contributed by atoms with Crippen molar-refractivity contribution in [2.45, 2.75) is 32.9 Å². The fourth-order valence-corrected chi connectivity index (χ4v) is 2.19. The monoisotopic (exact) mass is 349 g/mol. The Morgan fingerprint density at radius 1 is 1.24 bits per heavy atom. The molecule has 11 heteroatoms. The van der Waals surface area contributed by atoms with Crippen molar-refractivity contribution in [3.63, 3.8) is 0 Å². The smallest absolute Gasteiger partial charge is 0.335 e. The van der Waals surface area contributed by atoms with Crippen LogP contribution in [-0.2, 0) is 27.5 Å². The second-order valence-corrected chi connectivity index (χ2v) is 5.33. The van der Waals surface area contributed by atoms with Crippen molar-refractivity contribution in [3.05, 3.63) is 18.5 Å². The highest BCUT2D eigenvalue weighted by atomic mass is 16.2. The molecule has 0 aromatic carbocycles. The molecule has 2 heterocycles. The summed E-state index contributed by atoms with van der Waals surface area (Å²) in [6, 6.07) is -0.835. The van der Waals surface area contributed by atoms with Crippen molar-refractivity contribution in [2.24, 2.45) is 0 Å². The van der Waals surface area contributed by atoms with Crippen LogP contribution in [0, 0.1) is 0 Å². The van der Waals surface area contributed by atoms with Crippen LogP contribution in [0.3, 0.4) is 0 Å². The third kappa shape index (κ3) is 4.05. The van der Waals surface area contributed by atoms with E-state index < -0.39 is 30.3 Å². The maximum Gasteiger partial charge on any atom is 0.335 e. The molecule has 0 spiro atoms. The molecule has 0 saturated carbocycles. The number of aromatic nitrogens is 4. The van der Waals surface area contributed by atoms with Crippen molar-refractivity contribution < 1.29 is 19.2 Å². The van der Waals surface area contributed by atoms with Gasteiger partial charge in [0.1, 0.15) is 6.54 Å². The summed E-state index contributed by atoms with van der Waals surface area (Å²) in [5.74, 6) is -2.14. The number of carbonyl (C=O) groups excluding carboxylic acids is 4. The zero-order chi connectivity index (χ0) is 18.4. The Balaban J connectivity index is 1.91. The predicted molar refractivity (Wildman–Crippen MR) is 83.6 cm³/mol. The van der Waals surface area contributed by atoms with E-state index >= 15 is 0 Å². The van der Waals surface area contributed by atoms with Gasteiger partial charge in [0.15, 0.2) is 5.82 Å². The minimum atomic E-state index is -1.03. The number of tetrazole rings is 1. The third-order valence-electron chi connectivity index (χ3n) is 3.52. The minimum absolute atomic E-state index is 0.0517. The topological polar surface area (TPSA) is 130 Å². The normalized spacial score (nSPS) is 14.4. The van der Waals surface area contributed by atoms with Gasteiger partial charge in [-0.15, -0.1) is 11.7 Å². The number of nitrogens with one attached hydrogen (secondary N) is 1. The number of nitrogens with zero attached hydrogens (tertiary/aromatic N) is 6. The molecule has 1 aliphatic rings. The van der Waals surface area contributed by atoms with E-state index in [-0.39, 0.29) is 13.1 Å². The number of imide groups is 2. The lowest BCUT2D eigenvalue weighted by molar-refractivity contribution is -0.143. The van der Waals surface area contributed by atoms with Gasteiger partial charge >= 0.3 is 17.8 Å². The third-order valence-corrected chi connectivity index (χ3v) is 3.52. The van der Waals surface area contributed by atoms with Crippen LogP contribution in [0.15, 0.2) is 12.7 Å². The lowest BCUT2D eigenvalue weighted by atomic mass is 10.3. The molecule has 1 N–H and O–H groups in total. The van der Waals surface area contributed by atoms with E-state index in [9.17, 15) is 19.2 Å². The lowest BCUT2D eigenvalue weighted by Crippen LogP contribution is -2.41. The Morgan fingerprint density at radius 3 is 2.64 bits per heavy atom. The van der Waals surface area contributed by atoms with E-state index in [1.807, 2.05) is 6.92 Å². The minimum Gasteiger partial charge on any atom is -0.347 e. The Hall–Kier alpha value is -3.11. The summed E-state index contributed by atoms with van der Waals surface area (Å²) < 4.78 is 1.57. The van der Waals surface area contributed by atoms with Crippen LogP contribution in [0.4, 0.5) is 4.79 Å². The molecule has 25 heavy (non-hydrogen) atoms. The van der Waals surface area contributed by atoms with Crippen LogP contribution in [-0.4, -0.2) is 66.8 Å². The van der Waals surface area contributed by atoms with Gasteiger partial charge in [-0.1, -0.05) is 19.4 Å². The molecule has 0 bridgehead atoms. The average molecular weight is 349 g/mol. The van der Waals surface area contributed by atoms with Crippen molar-refractivity contribution in [2.75, 3.05) is 13.1 Å². The van der Waals surface area contributed by atoms with Crippen LogP contribution in [0.25, 0.3) is 0 Å². The molecule has 11 nitrogen and oxygen atoms in total. The molecule has 0 aliphatic carbocycles. The van der Waals surface area contributed by atoms with Gasteiger partial charge in [-0.2, -0.15) is 0 Å². The highest BCUT2D eigenvalue weighted by molar-refractivity contribution is 6.45. The van der Waals surface area contributed by atoms with E-state index in [1.54, 1.807) is 4.68 Å². The molecule has 1 aliphatic heterocycles. The predicted octanol–water partition coefficient (Wildman–Crippen LogP) is -0.934. The maximum atomic E-state index is 12.0. The molecule has 0 atom stereocenters. The second kappa shape index (κ2) is 8.13. The Labute approximate surface area is 143 Å². The summed E-state index contributed by atoms with van der Waals surface area (Å²) in [6.45, 7) is 5.49.